The summed E-state index contributed by atoms with van der Waals surface area (Å²) in [5.74, 6) is 1.25. The summed E-state index contributed by atoms with van der Waals surface area (Å²) in [4.78, 5) is 8.07. The lowest BCUT2D eigenvalue weighted by Gasteiger charge is -2.09. The predicted octanol–water partition coefficient (Wildman–Crippen LogP) is 2.72. The van der Waals surface area contributed by atoms with Crippen LogP contribution in [-0.4, -0.2) is 9.97 Å². The molecule has 0 radical (unpaired) electrons. The Morgan fingerprint density at radius 2 is 1.88 bits per heavy atom. The number of aromatic nitrogens is 2. The van der Waals surface area contributed by atoms with Crippen molar-refractivity contribution in [3.8, 4) is 0 Å². The van der Waals surface area contributed by atoms with Gasteiger partial charge in [0.15, 0.2) is 0 Å². The molecule has 1 aromatic heterocycles. The molecule has 0 fully saturated rings. The highest BCUT2D eigenvalue weighted by Crippen LogP contribution is 2.20. The lowest BCUT2D eigenvalue weighted by Crippen LogP contribution is -2.01. The van der Waals surface area contributed by atoms with E-state index in [0.29, 0.717) is 5.82 Å². The van der Waals surface area contributed by atoms with E-state index in [0.717, 1.165) is 17.1 Å². The molecule has 1 aromatic carbocycles. The molecule has 0 aliphatic heterocycles. The smallest absolute Gasteiger partial charge is 0.138 e. The van der Waals surface area contributed by atoms with Crippen molar-refractivity contribution in [3.63, 3.8) is 0 Å². The topological polar surface area (TPSA) is 63.8 Å². The normalized spacial score (nSPS) is 10.1. The first kappa shape index (κ1) is 11.1. The fraction of sp³-hybridized carbons (Fsp3) is 0.0909. The lowest BCUT2D eigenvalue weighted by atomic mass is 10.3. The highest BCUT2D eigenvalue weighted by atomic mass is 127. The van der Waals surface area contributed by atoms with Crippen molar-refractivity contribution in [1.29, 1.82) is 0 Å². The maximum atomic E-state index is 5.71. The minimum atomic E-state index is 0.503. The summed E-state index contributed by atoms with van der Waals surface area (Å²) in [6, 6.07) is 8.06. The molecule has 2 aromatic rings. The third-order valence-corrected chi connectivity index (χ3v) is 2.95. The highest BCUT2D eigenvalue weighted by molar-refractivity contribution is 14.1. The molecule has 0 saturated carbocycles. The summed E-state index contributed by atoms with van der Waals surface area (Å²) < 4.78 is 1.20. The van der Waals surface area contributed by atoms with Gasteiger partial charge in [-0.1, -0.05) is 0 Å². The number of nitrogens with zero attached hydrogens (tertiary/aromatic N) is 2. The van der Waals surface area contributed by atoms with Crippen molar-refractivity contribution in [2.45, 2.75) is 6.92 Å². The van der Waals surface area contributed by atoms with Gasteiger partial charge in [0.25, 0.3) is 0 Å². The van der Waals surface area contributed by atoms with Crippen LogP contribution >= 0.6 is 22.6 Å². The third kappa shape index (κ3) is 2.41. The van der Waals surface area contributed by atoms with Gasteiger partial charge in [0.05, 0.1) is 0 Å². The average Bonchev–Trinajstić information content (AvgIpc) is 2.28. The monoisotopic (exact) mass is 326 g/mol. The average molecular weight is 326 g/mol. The summed E-state index contributed by atoms with van der Waals surface area (Å²) in [6.45, 7) is 1.89. The van der Waals surface area contributed by atoms with Crippen LogP contribution in [0.15, 0.2) is 30.6 Å². The Balaban J connectivity index is 2.27. The zero-order valence-electron chi connectivity index (χ0n) is 8.74. The second-order valence-corrected chi connectivity index (χ2v) is 4.61. The minimum absolute atomic E-state index is 0.503. The molecule has 2 rings (SSSR count). The van der Waals surface area contributed by atoms with Crippen LogP contribution in [0, 0.1) is 10.5 Å². The summed E-state index contributed by atoms with van der Waals surface area (Å²) in [5, 5.41) is 3.21. The first-order valence-electron chi connectivity index (χ1n) is 4.76. The Hall–Kier alpha value is -1.37. The molecule has 82 valence electrons. The van der Waals surface area contributed by atoms with Crippen molar-refractivity contribution < 1.29 is 0 Å². The molecular weight excluding hydrogens is 315 g/mol. The van der Waals surface area contributed by atoms with Crippen molar-refractivity contribution in [2.75, 3.05) is 11.1 Å². The second kappa shape index (κ2) is 4.65. The largest absolute Gasteiger partial charge is 0.383 e. The van der Waals surface area contributed by atoms with Crippen LogP contribution in [0.1, 0.15) is 5.56 Å². The zero-order chi connectivity index (χ0) is 11.5. The number of benzene rings is 1. The molecule has 5 heteroatoms. The molecular formula is C11H11IN4. The molecule has 0 saturated heterocycles. The Kier molecular flexibility index (Phi) is 3.23. The number of rotatable bonds is 2. The number of nitrogens with two attached hydrogens (primary N) is 1. The highest BCUT2D eigenvalue weighted by Gasteiger charge is 2.03. The van der Waals surface area contributed by atoms with Crippen LogP contribution in [-0.2, 0) is 0 Å². The Morgan fingerprint density at radius 1 is 1.19 bits per heavy atom. The van der Waals surface area contributed by atoms with Crippen LogP contribution in [0.2, 0.25) is 0 Å². The first-order chi connectivity index (χ1) is 7.66. The first-order valence-corrected chi connectivity index (χ1v) is 5.84. The van der Waals surface area contributed by atoms with Gasteiger partial charge in [0, 0.05) is 14.8 Å². The van der Waals surface area contributed by atoms with Crippen LogP contribution in [0.4, 0.5) is 17.3 Å². The summed E-state index contributed by atoms with van der Waals surface area (Å²) in [5.41, 5.74) is 7.56. The summed E-state index contributed by atoms with van der Waals surface area (Å²) in [6.07, 6.45) is 1.46. The Bertz CT molecular complexity index is 496. The van der Waals surface area contributed by atoms with Crippen molar-refractivity contribution in [2.24, 2.45) is 0 Å². The Labute approximate surface area is 107 Å². The molecule has 0 bridgehead atoms. The van der Waals surface area contributed by atoms with Gasteiger partial charge in [-0.2, -0.15) is 0 Å². The third-order valence-electron chi connectivity index (χ3n) is 2.23. The zero-order valence-corrected chi connectivity index (χ0v) is 10.9. The van der Waals surface area contributed by atoms with Gasteiger partial charge < -0.3 is 11.1 Å². The van der Waals surface area contributed by atoms with Gasteiger partial charge >= 0.3 is 0 Å². The van der Waals surface area contributed by atoms with Crippen LogP contribution < -0.4 is 11.1 Å². The van der Waals surface area contributed by atoms with Crippen LogP contribution in [0.3, 0.4) is 0 Å². The predicted molar refractivity (Wildman–Crippen MR) is 73.6 cm³/mol. The van der Waals surface area contributed by atoms with E-state index in [1.54, 1.807) is 0 Å². The van der Waals surface area contributed by atoms with Gasteiger partial charge in [0.1, 0.15) is 18.0 Å². The van der Waals surface area contributed by atoms with E-state index in [-0.39, 0.29) is 0 Å². The molecule has 4 nitrogen and oxygen atoms in total. The number of anilines is 3. The van der Waals surface area contributed by atoms with Crippen LogP contribution in [0.25, 0.3) is 0 Å². The second-order valence-electron chi connectivity index (χ2n) is 3.36. The summed E-state index contributed by atoms with van der Waals surface area (Å²) in [7, 11) is 0. The van der Waals surface area contributed by atoms with Crippen molar-refractivity contribution in [1.82, 2.24) is 9.97 Å². The maximum absolute atomic E-state index is 5.71. The lowest BCUT2D eigenvalue weighted by molar-refractivity contribution is 1.14. The van der Waals surface area contributed by atoms with E-state index in [9.17, 15) is 0 Å². The molecule has 0 spiro atoms. The fourth-order valence-corrected chi connectivity index (χ4v) is 1.62. The quantitative estimate of drug-likeness (QED) is 0.833. The van der Waals surface area contributed by atoms with E-state index in [4.69, 9.17) is 5.73 Å². The number of halogens is 1. The molecule has 0 aliphatic rings. The van der Waals surface area contributed by atoms with E-state index in [1.165, 1.54) is 9.90 Å². The number of nitrogen functional groups attached to an aromatic ring is 1. The van der Waals surface area contributed by atoms with Crippen molar-refractivity contribution >= 4 is 39.9 Å². The summed E-state index contributed by atoms with van der Waals surface area (Å²) >= 11 is 2.27. The van der Waals surface area contributed by atoms with E-state index >= 15 is 0 Å². The molecule has 0 aliphatic carbocycles. The maximum Gasteiger partial charge on any atom is 0.138 e. The number of hydrogen-bond donors (Lipinski definition) is 2. The molecule has 3 N–H and O–H groups in total. The van der Waals surface area contributed by atoms with Gasteiger partial charge in [-0.3, -0.25) is 0 Å². The Morgan fingerprint density at radius 3 is 2.56 bits per heavy atom. The van der Waals surface area contributed by atoms with Gasteiger partial charge in [-0.25, -0.2) is 9.97 Å². The van der Waals surface area contributed by atoms with E-state index in [1.807, 2.05) is 31.2 Å². The van der Waals surface area contributed by atoms with Gasteiger partial charge in [0.2, 0.25) is 0 Å². The number of nitrogens with one attached hydrogen (secondary N) is 1. The van der Waals surface area contributed by atoms with Crippen molar-refractivity contribution in [3.05, 3.63) is 39.7 Å². The molecule has 1 heterocycles. The molecule has 0 atom stereocenters. The molecule has 0 unspecified atom stereocenters. The minimum Gasteiger partial charge on any atom is -0.383 e. The van der Waals surface area contributed by atoms with Crippen LogP contribution in [0.5, 0.6) is 0 Å². The SMILES string of the molecule is Cc1c(N)ncnc1Nc1ccc(I)cc1. The van der Waals surface area contributed by atoms with Gasteiger partial charge in [-0.05, 0) is 53.8 Å². The molecule has 0 amide bonds. The fourth-order valence-electron chi connectivity index (χ4n) is 1.26. The molecule has 16 heavy (non-hydrogen) atoms. The number of hydrogen-bond acceptors (Lipinski definition) is 4. The van der Waals surface area contributed by atoms with E-state index in [2.05, 4.69) is 37.9 Å². The van der Waals surface area contributed by atoms with Gasteiger partial charge in [-0.15, -0.1) is 0 Å². The standard InChI is InChI=1S/C11H11IN4/c1-7-10(13)14-6-15-11(7)16-9-4-2-8(12)3-5-9/h2-6H,1H3,(H3,13,14,15,16). The van der Waals surface area contributed by atoms with E-state index < -0.39 is 0 Å².